The molecule has 4 rings (SSSR count). The largest absolute Gasteiger partial charge is 0.497 e. The molecule has 1 aliphatic rings. The maximum absolute atomic E-state index is 5.58. The number of nitrogens with one attached hydrogen (secondary N) is 1. The highest BCUT2D eigenvalue weighted by Gasteiger charge is 2.24. The van der Waals surface area contributed by atoms with E-state index in [-0.39, 0.29) is 0 Å². The standard InChI is InChI=1S/C22H25NO4/c1-24-12-13-7-16-18-9-21(26-3)22(27-4)10-19(18)17-8-14(25-2)5-6-15(17)20(16)11-23-13/h5-6,8-10,13,23H,7,11-12H2,1-4H3/t13-/m0/s1. The average molecular weight is 367 g/mol. The van der Waals surface area contributed by atoms with Crippen molar-refractivity contribution < 1.29 is 18.9 Å². The van der Waals surface area contributed by atoms with Gasteiger partial charge in [-0.05, 0) is 63.4 Å². The molecule has 0 fully saturated rings. The summed E-state index contributed by atoms with van der Waals surface area (Å²) in [5.74, 6) is 2.33. The average Bonchev–Trinajstić information content (AvgIpc) is 2.72. The Morgan fingerprint density at radius 1 is 0.815 bits per heavy atom. The molecule has 0 radical (unpaired) electrons. The summed E-state index contributed by atoms with van der Waals surface area (Å²) in [5.41, 5.74) is 2.68. The molecule has 0 unspecified atom stereocenters. The molecule has 0 spiro atoms. The maximum atomic E-state index is 5.58. The SMILES string of the molecule is COC[C@@H]1Cc2c(c3ccc(OC)cc3c3cc(OC)c(OC)cc23)CN1. The van der Waals surface area contributed by atoms with Gasteiger partial charge < -0.3 is 24.3 Å². The fourth-order valence-electron chi connectivity index (χ4n) is 4.13. The van der Waals surface area contributed by atoms with Gasteiger partial charge in [-0.3, -0.25) is 0 Å². The zero-order valence-electron chi connectivity index (χ0n) is 16.2. The Morgan fingerprint density at radius 3 is 2.19 bits per heavy atom. The van der Waals surface area contributed by atoms with Crippen molar-refractivity contribution in [2.45, 2.75) is 19.0 Å². The third-order valence-electron chi connectivity index (χ3n) is 5.44. The molecular formula is C22H25NO4. The van der Waals surface area contributed by atoms with Crippen LogP contribution in [0.1, 0.15) is 11.1 Å². The van der Waals surface area contributed by atoms with Crippen molar-refractivity contribution in [1.82, 2.24) is 5.32 Å². The molecule has 0 aromatic heterocycles. The number of rotatable bonds is 5. The Morgan fingerprint density at radius 2 is 1.52 bits per heavy atom. The number of hydrogen-bond donors (Lipinski definition) is 1. The van der Waals surface area contributed by atoms with Crippen LogP contribution in [0.3, 0.4) is 0 Å². The first-order valence-electron chi connectivity index (χ1n) is 9.09. The molecule has 0 saturated heterocycles. The van der Waals surface area contributed by atoms with Crippen molar-refractivity contribution in [2.24, 2.45) is 0 Å². The molecule has 1 aliphatic heterocycles. The van der Waals surface area contributed by atoms with E-state index in [0.29, 0.717) is 12.6 Å². The molecule has 5 heteroatoms. The summed E-state index contributed by atoms with van der Waals surface area (Å²) in [6.07, 6.45) is 0.914. The first kappa shape index (κ1) is 17.9. The van der Waals surface area contributed by atoms with E-state index in [1.54, 1.807) is 28.4 Å². The van der Waals surface area contributed by atoms with Crippen molar-refractivity contribution in [1.29, 1.82) is 0 Å². The second-order valence-corrected chi connectivity index (χ2v) is 6.86. The van der Waals surface area contributed by atoms with Gasteiger partial charge in [-0.1, -0.05) is 6.07 Å². The number of methoxy groups -OCH3 is 4. The van der Waals surface area contributed by atoms with Crippen LogP contribution in [0.4, 0.5) is 0 Å². The van der Waals surface area contributed by atoms with E-state index in [0.717, 1.165) is 41.0 Å². The monoisotopic (exact) mass is 367 g/mol. The lowest BCUT2D eigenvalue weighted by atomic mass is 9.86. The Kier molecular flexibility index (Phi) is 4.81. The van der Waals surface area contributed by atoms with Crippen LogP contribution < -0.4 is 19.5 Å². The van der Waals surface area contributed by atoms with Crippen molar-refractivity contribution in [2.75, 3.05) is 35.0 Å². The molecule has 142 valence electrons. The highest BCUT2D eigenvalue weighted by molar-refractivity contribution is 6.12. The van der Waals surface area contributed by atoms with Gasteiger partial charge in [0.05, 0.1) is 27.9 Å². The van der Waals surface area contributed by atoms with Gasteiger partial charge in [-0.15, -0.1) is 0 Å². The molecule has 0 saturated carbocycles. The molecule has 0 amide bonds. The van der Waals surface area contributed by atoms with Crippen LogP contribution >= 0.6 is 0 Å². The van der Waals surface area contributed by atoms with Gasteiger partial charge in [0.25, 0.3) is 0 Å². The van der Waals surface area contributed by atoms with Crippen LogP contribution in [0.25, 0.3) is 21.5 Å². The molecule has 1 heterocycles. The van der Waals surface area contributed by atoms with Crippen LogP contribution in [0.15, 0.2) is 30.3 Å². The minimum Gasteiger partial charge on any atom is -0.497 e. The van der Waals surface area contributed by atoms with E-state index in [1.165, 1.54) is 21.9 Å². The molecular weight excluding hydrogens is 342 g/mol. The van der Waals surface area contributed by atoms with Gasteiger partial charge >= 0.3 is 0 Å². The smallest absolute Gasteiger partial charge is 0.161 e. The minimum atomic E-state index is 0.300. The second-order valence-electron chi connectivity index (χ2n) is 6.86. The van der Waals surface area contributed by atoms with Gasteiger partial charge in [-0.2, -0.15) is 0 Å². The van der Waals surface area contributed by atoms with Crippen LogP contribution in [-0.4, -0.2) is 41.1 Å². The molecule has 1 atom stereocenters. The third-order valence-corrected chi connectivity index (χ3v) is 5.44. The number of benzene rings is 3. The molecule has 3 aromatic rings. The Labute approximate surface area is 159 Å². The number of ether oxygens (including phenoxy) is 4. The van der Waals surface area contributed by atoms with Gasteiger partial charge in [0.1, 0.15) is 5.75 Å². The number of fused-ring (bicyclic) bond motifs is 6. The summed E-state index contributed by atoms with van der Waals surface area (Å²) < 4.78 is 22.0. The summed E-state index contributed by atoms with van der Waals surface area (Å²) in [6.45, 7) is 1.51. The zero-order valence-corrected chi connectivity index (χ0v) is 16.2. The lowest BCUT2D eigenvalue weighted by Gasteiger charge is -2.29. The van der Waals surface area contributed by atoms with Crippen molar-refractivity contribution in [3.8, 4) is 17.2 Å². The molecule has 3 aromatic carbocycles. The normalized spacial score (nSPS) is 16.4. The Balaban J connectivity index is 2.07. The highest BCUT2D eigenvalue weighted by Crippen LogP contribution is 2.41. The van der Waals surface area contributed by atoms with E-state index in [9.17, 15) is 0 Å². The first-order chi connectivity index (χ1) is 13.2. The third kappa shape index (κ3) is 2.97. The van der Waals surface area contributed by atoms with Gasteiger partial charge in [0.2, 0.25) is 0 Å². The summed E-state index contributed by atoms with van der Waals surface area (Å²) >= 11 is 0. The van der Waals surface area contributed by atoms with Crippen LogP contribution in [0.5, 0.6) is 17.2 Å². The summed E-state index contributed by atoms with van der Waals surface area (Å²) in [5, 5.41) is 8.36. The topological polar surface area (TPSA) is 49.0 Å². The Hall–Kier alpha value is -2.50. The van der Waals surface area contributed by atoms with Crippen molar-refractivity contribution in [3.63, 3.8) is 0 Å². The predicted octanol–water partition coefficient (Wildman–Crippen LogP) is 3.68. The van der Waals surface area contributed by atoms with Crippen LogP contribution in [0, 0.1) is 0 Å². The Bertz CT molecular complexity index is 999. The van der Waals surface area contributed by atoms with Crippen LogP contribution in [-0.2, 0) is 17.7 Å². The van der Waals surface area contributed by atoms with E-state index in [1.807, 2.05) is 6.07 Å². The van der Waals surface area contributed by atoms with Gasteiger partial charge in [0, 0.05) is 19.7 Å². The van der Waals surface area contributed by atoms with E-state index in [2.05, 4.69) is 29.6 Å². The first-order valence-corrected chi connectivity index (χ1v) is 9.09. The van der Waals surface area contributed by atoms with Crippen molar-refractivity contribution >= 4 is 21.5 Å². The fourth-order valence-corrected chi connectivity index (χ4v) is 4.13. The summed E-state index contributed by atoms with van der Waals surface area (Å²) in [6, 6.07) is 10.8. The van der Waals surface area contributed by atoms with Crippen LogP contribution in [0.2, 0.25) is 0 Å². The minimum absolute atomic E-state index is 0.300. The van der Waals surface area contributed by atoms with E-state index < -0.39 is 0 Å². The number of hydrogen-bond acceptors (Lipinski definition) is 5. The molecule has 0 aliphatic carbocycles. The summed E-state index contributed by atoms with van der Waals surface area (Å²) in [7, 11) is 6.79. The van der Waals surface area contributed by atoms with Crippen molar-refractivity contribution in [3.05, 3.63) is 41.5 Å². The lowest BCUT2D eigenvalue weighted by molar-refractivity contribution is 0.163. The molecule has 27 heavy (non-hydrogen) atoms. The van der Waals surface area contributed by atoms with Gasteiger partial charge in [0.15, 0.2) is 11.5 Å². The lowest BCUT2D eigenvalue weighted by Crippen LogP contribution is -2.39. The summed E-state index contributed by atoms with van der Waals surface area (Å²) in [4.78, 5) is 0. The van der Waals surface area contributed by atoms with Gasteiger partial charge in [-0.25, -0.2) is 0 Å². The maximum Gasteiger partial charge on any atom is 0.161 e. The fraction of sp³-hybridized carbons (Fsp3) is 0.364. The molecule has 0 bridgehead atoms. The quantitative estimate of drug-likeness (QED) is 0.697. The highest BCUT2D eigenvalue weighted by atomic mass is 16.5. The molecule has 1 N–H and O–H groups in total. The second kappa shape index (κ2) is 7.25. The van der Waals surface area contributed by atoms with E-state index >= 15 is 0 Å². The molecule has 5 nitrogen and oxygen atoms in total. The predicted molar refractivity (Wildman–Crippen MR) is 107 cm³/mol. The zero-order chi connectivity index (χ0) is 19.0. The van der Waals surface area contributed by atoms with E-state index in [4.69, 9.17) is 18.9 Å².